The van der Waals surface area contributed by atoms with Crippen molar-refractivity contribution in [1.29, 1.82) is 0 Å². The lowest BCUT2D eigenvalue weighted by Crippen LogP contribution is -2.50. The predicted octanol–water partition coefficient (Wildman–Crippen LogP) is 4.10. The van der Waals surface area contributed by atoms with Gasteiger partial charge >= 0.3 is 6.18 Å². The molecule has 0 aromatic rings. The van der Waals surface area contributed by atoms with E-state index in [0.717, 1.165) is 55.7 Å². The van der Waals surface area contributed by atoms with Crippen molar-refractivity contribution < 1.29 is 13.2 Å². The molecule has 0 aromatic carbocycles. The lowest BCUT2D eigenvalue weighted by atomic mass is 9.81. The topological polar surface area (TPSA) is 48.8 Å². The van der Waals surface area contributed by atoms with Crippen LogP contribution in [0.2, 0.25) is 0 Å². The molecule has 3 atom stereocenters. The van der Waals surface area contributed by atoms with Gasteiger partial charge in [0.15, 0.2) is 0 Å². The summed E-state index contributed by atoms with van der Waals surface area (Å²) in [4.78, 5) is 9.40. The maximum atomic E-state index is 12.8. The zero-order chi connectivity index (χ0) is 19.0. The number of amidine groups is 1. The predicted molar refractivity (Wildman–Crippen MR) is 102 cm³/mol. The summed E-state index contributed by atoms with van der Waals surface area (Å²) in [5, 5.41) is 7.73. The molecule has 0 aromatic heterocycles. The van der Waals surface area contributed by atoms with Crippen LogP contribution < -0.4 is 10.6 Å². The van der Waals surface area contributed by atoms with Crippen molar-refractivity contribution in [3.63, 3.8) is 0 Å². The summed E-state index contributed by atoms with van der Waals surface area (Å²) in [6, 6.07) is 0. The Bertz CT molecular complexity index is 635. The van der Waals surface area contributed by atoms with Crippen LogP contribution in [0.15, 0.2) is 21.0 Å². The van der Waals surface area contributed by atoms with E-state index in [4.69, 9.17) is 0 Å². The Labute approximate surface area is 157 Å². The monoisotopic (exact) mass is 388 g/mol. The van der Waals surface area contributed by atoms with Crippen molar-refractivity contribution in [3.8, 4) is 0 Å². The van der Waals surface area contributed by atoms with E-state index in [1.807, 2.05) is 13.8 Å². The van der Waals surface area contributed by atoms with Crippen molar-refractivity contribution in [2.75, 3.05) is 19.6 Å². The maximum absolute atomic E-state index is 12.8. The summed E-state index contributed by atoms with van der Waals surface area (Å²) in [6.07, 6.45) is -0.301. The molecule has 3 unspecified atom stereocenters. The Balaban J connectivity index is 1.77. The molecule has 8 heteroatoms. The third kappa shape index (κ3) is 4.17. The number of halogens is 3. The summed E-state index contributed by atoms with van der Waals surface area (Å²) in [5.41, 5.74) is -0.405. The first kappa shape index (κ1) is 19.9. The van der Waals surface area contributed by atoms with Crippen molar-refractivity contribution in [3.05, 3.63) is 11.0 Å². The fourth-order valence-corrected chi connectivity index (χ4v) is 5.49. The minimum absolute atomic E-state index is 0.202. The molecule has 0 bridgehead atoms. The van der Waals surface area contributed by atoms with Crippen LogP contribution in [0.1, 0.15) is 46.5 Å². The van der Waals surface area contributed by atoms with Crippen LogP contribution in [0.3, 0.4) is 0 Å². The van der Waals surface area contributed by atoms with Crippen LogP contribution in [0, 0.1) is 10.8 Å². The van der Waals surface area contributed by atoms with E-state index < -0.39 is 18.0 Å². The Kier molecular flexibility index (Phi) is 5.57. The number of hydrogen-bond donors (Lipinski definition) is 2. The number of alkyl halides is 3. The highest BCUT2D eigenvalue weighted by atomic mass is 32.2. The zero-order valence-corrected chi connectivity index (χ0v) is 16.4. The van der Waals surface area contributed by atoms with Gasteiger partial charge in [-0.3, -0.25) is 10.3 Å². The average molecular weight is 389 g/mol. The van der Waals surface area contributed by atoms with Gasteiger partial charge in [0.25, 0.3) is 0 Å². The van der Waals surface area contributed by atoms with Crippen LogP contribution in [-0.2, 0) is 0 Å². The van der Waals surface area contributed by atoms with Crippen molar-refractivity contribution in [2.24, 2.45) is 20.8 Å². The van der Waals surface area contributed by atoms with Crippen molar-refractivity contribution in [2.45, 2.75) is 58.8 Å². The number of fused-ring (bicyclic) bond motifs is 1. The molecule has 1 fully saturated rings. The number of aliphatic imine (C=N–C) groups is 2. The molecule has 0 amide bonds. The summed E-state index contributed by atoms with van der Waals surface area (Å²) < 4.78 is 38.5. The first-order chi connectivity index (χ1) is 12.2. The molecule has 3 heterocycles. The molecule has 2 N–H and O–H groups in total. The molecule has 0 aliphatic carbocycles. The van der Waals surface area contributed by atoms with Gasteiger partial charge in [0.05, 0.1) is 16.9 Å². The van der Waals surface area contributed by atoms with E-state index in [9.17, 15) is 13.2 Å². The highest BCUT2D eigenvalue weighted by Gasteiger charge is 2.47. The molecule has 4 nitrogen and oxygen atoms in total. The third-order valence-electron chi connectivity index (χ3n) is 5.45. The maximum Gasteiger partial charge on any atom is 0.393 e. The van der Waals surface area contributed by atoms with Gasteiger partial charge in [-0.05, 0) is 43.6 Å². The minimum Gasteiger partial charge on any atom is -0.316 e. The molecule has 0 saturated carbocycles. The minimum atomic E-state index is -4.21. The Hall–Kier alpha value is -0.860. The summed E-state index contributed by atoms with van der Waals surface area (Å²) in [7, 11) is 0. The third-order valence-corrected chi connectivity index (χ3v) is 6.70. The number of allylic oxidation sites excluding steroid dienone is 1. The van der Waals surface area contributed by atoms with Gasteiger partial charge < -0.3 is 5.32 Å². The fourth-order valence-electron chi connectivity index (χ4n) is 4.13. The molecule has 1 saturated heterocycles. The first-order valence-electron chi connectivity index (χ1n) is 9.20. The molecule has 26 heavy (non-hydrogen) atoms. The van der Waals surface area contributed by atoms with Crippen molar-refractivity contribution in [1.82, 2.24) is 10.6 Å². The second-order valence-corrected chi connectivity index (χ2v) is 8.96. The molecule has 146 valence electrons. The largest absolute Gasteiger partial charge is 0.393 e. The van der Waals surface area contributed by atoms with E-state index in [1.54, 1.807) is 6.08 Å². The summed E-state index contributed by atoms with van der Waals surface area (Å²) >= 11 is 1.15. The highest BCUT2D eigenvalue weighted by Crippen LogP contribution is 2.48. The van der Waals surface area contributed by atoms with Gasteiger partial charge in [-0.15, -0.1) is 0 Å². The van der Waals surface area contributed by atoms with Crippen LogP contribution in [-0.4, -0.2) is 42.9 Å². The number of thioether (sulfide) groups is 1. The average Bonchev–Trinajstić information content (AvgIpc) is 3.08. The van der Waals surface area contributed by atoms with E-state index >= 15 is 0 Å². The Morgan fingerprint density at radius 3 is 2.81 bits per heavy atom. The molecular weight excluding hydrogens is 361 g/mol. The number of hydrogen-bond acceptors (Lipinski definition) is 5. The van der Waals surface area contributed by atoms with E-state index in [1.165, 1.54) is 0 Å². The van der Waals surface area contributed by atoms with E-state index in [2.05, 4.69) is 27.5 Å². The molecule has 3 aliphatic rings. The number of nitrogens with zero attached hydrogens (tertiary/aromatic N) is 2. The normalized spacial score (nSPS) is 34.4. The lowest BCUT2D eigenvalue weighted by Gasteiger charge is -2.37. The molecular formula is C18H27F3N4S. The zero-order valence-electron chi connectivity index (χ0n) is 15.5. The van der Waals surface area contributed by atoms with E-state index in [0.29, 0.717) is 10.7 Å². The second-order valence-electron chi connectivity index (χ2n) is 7.84. The summed E-state index contributed by atoms with van der Waals surface area (Å²) in [6.45, 7) is 8.74. The van der Waals surface area contributed by atoms with Gasteiger partial charge in [-0.1, -0.05) is 31.2 Å². The molecule has 0 radical (unpaired) electrons. The van der Waals surface area contributed by atoms with Crippen LogP contribution in [0.4, 0.5) is 13.2 Å². The molecule has 3 aliphatic heterocycles. The van der Waals surface area contributed by atoms with E-state index in [-0.39, 0.29) is 11.6 Å². The number of rotatable bonds is 6. The first-order valence-corrected chi connectivity index (χ1v) is 10.0. The lowest BCUT2D eigenvalue weighted by molar-refractivity contribution is -0.125. The fraction of sp³-hybridized carbons (Fsp3) is 0.778. The Morgan fingerprint density at radius 2 is 2.19 bits per heavy atom. The highest BCUT2D eigenvalue weighted by molar-refractivity contribution is 8.17. The van der Waals surface area contributed by atoms with Crippen LogP contribution in [0.25, 0.3) is 0 Å². The SMILES string of the molecule is CCCC1(CNC2N=C(C)N=C3SC(CC(F)(F)F)=CC32C)CCNC1. The standard InChI is InChI=1S/C18H27F3N4S/c1-4-5-17(6-7-22-10-17)11-23-14-16(3)8-13(9-18(19,20)21)26-15(16)25-12(2)24-14/h8,14,22-23H,4-7,9-11H2,1-3H3. The second kappa shape index (κ2) is 7.28. The quantitative estimate of drug-likeness (QED) is 0.720. The van der Waals surface area contributed by atoms with Gasteiger partial charge in [0.1, 0.15) is 12.0 Å². The van der Waals surface area contributed by atoms with Crippen LogP contribution in [0.5, 0.6) is 0 Å². The van der Waals surface area contributed by atoms with Crippen molar-refractivity contribution >= 4 is 22.6 Å². The van der Waals surface area contributed by atoms with Gasteiger partial charge in [-0.25, -0.2) is 4.99 Å². The number of nitrogens with one attached hydrogen (secondary N) is 2. The smallest absolute Gasteiger partial charge is 0.316 e. The van der Waals surface area contributed by atoms with Gasteiger partial charge in [-0.2, -0.15) is 13.2 Å². The molecule has 3 rings (SSSR count). The van der Waals surface area contributed by atoms with Gasteiger partial charge in [0, 0.05) is 13.1 Å². The van der Waals surface area contributed by atoms with Crippen LogP contribution >= 0.6 is 11.8 Å². The van der Waals surface area contributed by atoms with Gasteiger partial charge in [0.2, 0.25) is 0 Å². The Morgan fingerprint density at radius 1 is 1.42 bits per heavy atom. The summed E-state index contributed by atoms with van der Waals surface area (Å²) in [5.74, 6) is 0.623. The molecule has 0 spiro atoms.